The maximum absolute atomic E-state index is 13.1. The Bertz CT molecular complexity index is 925. The lowest BCUT2D eigenvalue weighted by atomic mass is 9.96. The van der Waals surface area contributed by atoms with Crippen molar-refractivity contribution in [3.05, 3.63) is 18.2 Å². The van der Waals surface area contributed by atoms with Gasteiger partial charge in [0, 0.05) is 31.6 Å². The van der Waals surface area contributed by atoms with E-state index in [1.54, 1.807) is 11.0 Å². The third kappa shape index (κ3) is 3.85. The highest BCUT2D eigenvalue weighted by atomic mass is 32.2. The fourth-order valence-electron chi connectivity index (χ4n) is 4.32. The van der Waals surface area contributed by atoms with Gasteiger partial charge in [0.25, 0.3) is 0 Å². The largest absolute Gasteiger partial charge is 0.486 e. The molecule has 2 fully saturated rings. The van der Waals surface area contributed by atoms with Crippen molar-refractivity contribution in [3.63, 3.8) is 0 Å². The fourth-order valence-corrected chi connectivity index (χ4v) is 5.81. The Kier molecular flexibility index (Phi) is 5.88. The van der Waals surface area contributed by atoms with E-state index in [2.05, 4.69) is 0 Å². The molecule has 164 valence electrons. The van der Waals surface area contributed by atoms with Crippen LogP contribution in [0.4, 0.5) is 0 Å². The molecule has 1 aromatic rings. The Hall–Kier alpha value is -2.33. The molecule has 0 bridgehead atoms. The third-order valence-corrected chi connectivity index (χ3v) is 7.86. The number of esters is 1. The molecule has 2 saturated heterocycles. The molecule has 0 N–H and O–H groups in total. The second kappa shape index (κ2) is 8.43. The lowest BCUT2D eigenvalue weighted by Gasteiger charge is -2.33. The van der Waals surface area contributed by atoms with Gasteiger partial charge in [-0.25, -0.2) is 13.2 Å². The average molecular weight is 439 g/mol. The lowest BCUT2D eigenvalue weighted by Crippen LogP contribution is -2.47. The highest BCUT2D eigenvalue weighted by Crippen LogP contribution is 2.34. The van der Waals surface area contributed by atoms with Crippen molar-refractivity contribution in [2.75, 3.05) is 40.0 Å². The van der Waals surface area contributed by atoms with Crippen LogP contribution in [0.2, 0.25) is 0 Å². The number of hydrogen-bond donors (Lipinski definition) is 0. The summed E-state index contributed by atoms with van der Waals surface area (Å²) in [5, 5.41) is 0. The minimum Gasteiger partial charge on any atom is -0.486 e. The minimum atomic E-state index is -3.69. The summed E-state index contributed by atoms with van der Waals surface area (Å²) >= 11 is 0. The molecule has 0 aromatic heterocycles. The van der Waals surface area contributed by atoms with Crippen molar-refractivity contribution in [1.82, 2.24) is 9.21 Å². The van der Waals surface area contributed by atoms with Gasteiger partial charge in [-0.15, -0.1) is 0 Å². The number of ether oxygens (including phenoxy) is 3. The zero-order valence-corrected chi connectivity index (χ0v) is 17.7. The van der Waals surface area contributed by atoms with E-state index in [0.717, 1.165) is 6.42 Å². The molecule has 0 aliphatic carbocycles. The van der Waals surface area contributed by atoms with Crippen LogP contribution in [0.3, 0.4) is 0 Å². The van der Waals surface area contributed by atoms with Crippen molar-refractivity contribution in [2.24, 2.45) is 5.92 Å². The number of methoxy groups -OCH3 is 1. The number of hydrogen-bond acceptors (Lipinski definition) is 7. The Morgan fingerprint density at radius 2 is 1.73 bits per heavy atom. The van der Waals surface area contributed by atoms with Gasteiger partial charge in [0.15, 0.2) is 11.5 Å². The molecule has 3 heterocycles. The molecular formula is C20H26N2O7S. The van der Waals surface area contributed by atoms with Gasteiger partial charge < -0.3 is 19.1 Å². The van der Waals surface area contributed by atoms with Crippen LogP contribution in [0.1, 0.15) is 25.7 Å². The summed E-state index contributed by atoms with van der Waals surface area (Å²) in [5.74, 6) is 0.200. The first-order valence-corrected chi connectivity index (χ1v) is 11.6. The number of carbonyl (C=O) groups is 2. The predicted octanol–water partition coefficient (Wildman–Crippen LogP) is 1.02. The second-order valence-electron chi connectivity index (χ2n) is 7.70. The number of piperidine rings is 1. The predicted molar refractivity (Wildman–Crippen MR) is 106 cm³/mol. The summed E-state index contributed by atoms with van der Waals surface area (Å²) in [7, 11) is -2.37. The molecule has 0 spiro atoms. The van der Waals surface area contributed by atoms with E-state index in [4.69, 9.17) is 14.2 Å². The van der Waals surface area contributed by atoms with Crippen LogP contribution < -0.4 is 9.47 Å². The molecule has 4 rings (SSSR count). The minimum absolute atomic E-state index is 0.0840. The molecule has 30 heavy (non-hydrogen) atoms. The van der Waals surface area contributed by atoms with Crippen LogP contribution in [-0.2, 0) is 24.3 Å². The first kappa shape index (κ1) is 20.9. The van der Waals surface area contributed by atoms with Crippen molar-refractivity contribution < 1.29 is 32.2 Å². The van der Waals surface area contributed by atoms with Gasteiger partial charge in [-0.1, -0.05) is 0 Å². The molecule has 0 unspecified atom stereocenters. The van der Waals surface area contributed by atoms with E-state index in [-0.39, 0.29) is 35.8 Å². The van der Waals surface area contributed by atoms with Crippen LogP contribution in [0.15, 0.2) is 23.1 Å². The Morgan fingerprint density at radius 3 is 2.43 bits per heavy atom. The molecule has 0 radical (unpaired) electrons. The maximum atomic E-state index is 13.1. The SMILES string of the molecule is COC(=O)[C@H]1CCCN1C(=O)C1CCN(S(=O)(=O)c2ccc3c(c2)OCCO3)CC1. The monoisotopic (exact) mass is 438 g/mol. The Labute approximate surface area is 175 Å². The van der Waals surface area contributed by atoms with E-state index in [1.165, 1.54) is 23.5 Å². The van der Waals surface area contributed by atoms with Gasteiger partial charge in [-0.05, 0) is 37.8 Å². The van der Waals surface area contributed by atoms with Gasteiger partial charge in [0.2, 0.25) is 15.9 Å². The molecule has 3 aliphatic heterocycles. The van der Waals surface area contributed by atoms with E-state index in [9.17, 15) is 18.0 Å². The van der Waals surface area contributed by atoms with Crippen LogP contribution in [0.25, 0.3) is 0 Å². The standard InChI is InChI=1S/C20H26N2O7S/c1-27-20(24)16-3-2-8-22(16)19(23)14-6-9-21(10-7-14)30(25,26)15-4-5-17-18(13-15)29-12-11-28-17/h4-5,13-14,16H,2-3,6-12H2,1H3/t16-/m1/s1. The second-order valence-corrected chi connectivity index (χ2v) is 9.63. The lowest BCUT2D eigenvalue weighted by molar-refractivity contribution is -0.152. The molecule has 1 amide bonds. The van der Waals surface area contributed by atoms with E-state index >= 15 is 0 Å². The molecule has 10 heteroatoms. The molecule has 3 aliphatic rings. The summed E-state index contributed by atoms with van der Waals surface area (Å²) < 4.78 is 43.3. The molecule has 9 nitrogen and oxygen atoms in total. The topological polar surface area (TPSA) is 102 Å². The summed E-state index contributed by atoms with van der Waals surface area (Å²) in [6.45, 7) is 1.86. The zero-order valence-electron chi connectivity index (χ0n) is 16.9. The highest BCUT2D eigenvalue weighted by molar-refractivity contribution is 7.89. The zero-order chi connectivity index (χ0) is 21.3. The summed E-state index contributed by atoms with van der Waals surface area (Å²) in [5.41, 5.74) is 0. The summed E-state index contributed by atoms with van der Waals surface area (Å²) in [6.07, 6.45) is 2.22. The number of amides is 1. The molecule has 0 saturated carbocycles. The van der Waals surface area contributed by atoms with Crippen molar-refractivity contribution >= 4 is 21.9 Å². The number of carbonyl (C=O) groups excluding carboxylic acids is 2. The first-order valence-electron chi connectivity index (χ1n) is 10.2. The normalized spacial score (nSPS) is 22.7. The van der Waals surface area contributed by atoms with E-state index < -0.39 is 16.1 Å². The number of nitrogens with zero attached hydrogens (tertiary/aromatic N) is 2. The number of sulfonamides is 1. The molecule has 1 aromatic carbocycles. The maximum Gasteiger partial charge on any atom is 0.328 e. The van der Waals surface area contributed by atoms with Crippen molar-refractivity contribution in [3.8, 4) is 11.5 Å². The van der Waals surface area contributed by atoms with Crippen molar-refractivity contribution in [2.45, 2.75) is 36.6 Å². The summed E-state index contributed by atoms with van der Waals surface area (Å²) in [6, 6.07) is 4.09. The van der Waals surface area contributed by atoms with E-state index in [1.807, 2.05) is 0 Å². The first-order chi connectivity index (χ1) is 14.4. The van der Waals surface area contributed by atoms with Crippen LogP contribution in [0.5, 0.6) is 11.5 Å². The quantitative estimate of drug-likeness (QED) is 0.647. The van der Waals surface area contributed by atoms with Crippen LogP contribution in [0, 0.1) is 5.92 Å². The summed E-state index contributed by atoms with van der Waals surface area (Å²) in [4.78, 5) is 26.6. The van der Waals surface area contributed by atoms with Gasteiger partial charge in [-0.2, -0.15) is 4.31 Å². The van der Waals surface area contributed by atoms with Gasteiger partial charge in [0.05, 0.1) is 12.0 Å². The highest BCUT2D eigenvalue weighted by Gasteiger charge is 2.40. The fraction of sp³-hybridized carbons (Fsp3) is 0.600. The number of benzene rings is 1. The smallest absolute Gasteiger partial charge is 0.328 e. The van der Waals surface area contributed by atoms with Crippen LogP contribution >= 0.6 is 0 Å². The number of likely N-dealkylation sites (tertiary alicyclic amines) is 1. The average Bonchev–Trinajstić information content (AvgIpc) is 3.27. The van der Waals surface area contributed by atoms with E-state index in [0.29, 0.717) is 50.5 Å². The van der Waals surface area contributed by atoms with Gasteiger partial charge >= 0.3 is 5.97 Å². The van der Waals surface area contributed by atoms with Crippen LogP contribution in [-0.4, -0.2) is 75.5 Å². The number of fused-ring (bicyclic) bond motifs is 1. The third-order valence-electron chi connectivity index (χ3n) is 5.96. The van der Waals surface area contributed by atoms with Crippen molar-refractivity contribution in [1.29, 1.82) is 0 Å². The van der Waals surface area contributed by atoms with Gasteiger partial charge in [-0.3, -0.25) is 4.79 Å². The molecular weight excluding hydrogens is 412 g/mol. The molecule has 1 atom stereocenters. The van der Waals surface area contributed by atoms with Gasteiger partial charge in [0.1, 0.15) is 19.3 Å². The Balaban J connectivity index is 1.41. The Morgan fingerprint density at radius 1 is 1.03 bits per heavy atom. The number of rotatable bonds is 4.